The lowest BCUT2D eigenvalue weighted by molar-refractivity contribution is 0.308. The molecular weight excluding hydrogens is 188 g/mol. The topological polar surface area (TPSA) is 59.0 Å². The Labute approximate surface area is 89.5 Å². The minimum atomic E-state index is -0.543. The van der Waals surface area contributed by atoms with E-state index in [2.05, 4.69) is 12.1 Å². The van der Waals surface area contributed by atoms with Crippen LogP contribution in [0.2, 0.25) is 0 Å². The van der Waals surface area contributed by atoms with Crippen LogP contribution in [0.25, 0.3) is 0 Å². The zero-order chi connectivity index (χ0) is 10.7. The molecular formula is C12H14N2O. The summed E-state index contributed by atoms with van der Waals surface area (Å²) in [4.78, 5) is 0. The summed E-state index contributed by atoms with van der Waals surface area (Å²) in [6, 6.07) is 7.52. The standard InChI is InChI=1S/C12H14N2O/c13-7-11(14)8-15-12-5-4-9-2-1-3-10(9)6-12/h4-6,11H,1-3,8,14H2. The van der Waals surface area contributed by atoms with Gasteiger partial charge in [-0.05, 0) is 42.5 Å². The highest BCUT2D eigenvalue weighted by Gasteiger charge is 2.11. The molecule has 1 aliphatic rings. The Balaban J connectivity index is 2.01. The third-order valence-corrected chi connectivity index (χ3v) is 2.67. The fourth-order valence-electron chi connectivity index (χ4n) is 1.86. The zero-order valence-corrected chi connectivity index (χ0v) is 8.57. The minimum absolute atomic E-state index is 0.259. The molecule has 0 radical (unpaired) electrons. The number of aryl methyl sites for hydroxylation is 2. The van der Waals surface area contributed by atoms with Gasteiger partial charge >= 0.3 is 0 Å². The van der Waals surface area contributed by atoms with Gasteiger partial charge in [0.2, 0.25) is 0 Å². The number of nitrogens with zero attached hydrogens (tertiary/aromatic N) is 1. The number of ether oxygens (including phenoxy) is 1. The van der Waals surface area contributed by atoms with Gasteiger partial charge in [-0.15, -0.1) is 0 Å². The van der Waals surface area contributed by atoms with Crippen LogP contribution in [0.1, 0.15) is 17.5 Å². The van der Waals surface area contributed by atoms with E-state index in [1.54, 1.807) is 0 Å². The monoisotopic (exact) mass is 202 g/mol. The van der Waals surface area contributed by atoms with Crippen LogP contribution in [0.15, 0.2) is 18.2 Å². The second kappa shape index (κ2) is 4.33. The van der Waals surface area contributed by atoms with Crippen LogP contribution >= 0.6 is 0 Å². The first kappa shape index (κ1) is 10.0. The summed E-state index contributed by atoms with van der Waals surface area (Å²) in [6.45, 7) is 0.259. The maximum atomic E-state index is 8.51. The maximum absolute atomic E-state index is 8.51. The summed E-state index contributed by atoms with van der Waals surface area (Å²) in [5, 5.41) is 8.51. The molecule has 0 bridgehead atoms. The number of hydrogen-bond acceptors (Lipinski definition) is 3. The largest absolute Gasteiger partial charge is 0.491 e. The Morgan fingerprint density at radius 2 is 2.20 bits per heavy atom. The van der Waals surface area contributed by atoms with Crippen LogP contribution in [0.5, 0.6) is 5.75 Å². The van der Waals surface area contributed by atoms with Gasteiger partial charge in [-0.3, -0.25) is 0 Å². The van der Waals surface area contributed by atoms with Gasteiger partial charge in [-0.2, -0.15) is 5.26 Å². The van der Waals surface area contributed by atoms with E-state index >= 15 is 0 Å². The van der Waals surface area contributed by atoms with Crippen LogP contribution < -0.4 is 10.5 Å². The van der Waals surface area contributed by atoms with Gasteiger partial charge in [0.05, 0.1) is 6.07 Å². The van der Waals surface area contributed by atoms with Gasteiger partial charge < -0.3 is 10.5 Å². The van der Waals surface area contributed by atoms with E-state index in [1.807, 2.05) is 12.1 Å². The average Bonchev–Trinajstić information content (AvgIpc) is 2.72. The van der Waals surface area contributed by atoms with Crippen molar-refractivity contribution in [1.82, 2.24) is 0 Å². The molecule has 1 unspecified atom stereocenters. The van der Waals surface area contributed by atoms with E-state index in [1.165, 1.54) is 24.0 Å². The quantitative estimate of drug-likeness (QED) is 0.806. The van der Waals surface area contributed by atoms with Crippen LogP contribution in [0.4, 0.5) is 0 Å². The highest BCUT2D eigenvalue weighted by Crippen LogP contribution is 2.25. The lowest BCUT2D eigenvalue weighted by Crippen LogP contribution is -2.25. The Hall–Kier alpha value is -1.53. The van der Waals surface area contributed by atoms with Crippen molar-refractivity contribution in [2.24, 2.45) is 5.73 Å². The van der Waals surface area contributed by atoms with Crippen LogP contribution in [-0.4, -0.2) is 12.6 Å². The van der Waals surface area contributed by atoms with Gasteiger partial charge in [0.15, 0.2) is 0 Å². The van der Waals surface area contributed by atoms with Crippen molar-refractivity contribution in [3.63, 3.8) is 0 Å². The molecule has 0 saturated carbocycles. The van der Waals surface area contributed by atoms with E-state index in [9.17, 15) is 0 Å². The summed E-state index contributed by atoms with van der Waals surface area (Å²) in [5.74, 6) is 0.821. The highest BCUT2D eigenvalue weighted by atomic mass is 16.5. The molecule has 0 spiro atoms. The molecule has 0 amide bonds. The second-order valence-corrected chi connectivity index (χ2v) is 3.83. The molecule has 2 N–H and O–H groups in total. The van der Waals surface area contributed by atoms with Crippen molar-refractivity contribution in [3.05, 3.63) is 29.3 Å². The van der Waals surface area contributed by atoms with Gasteiger partial charge in [0.1, 0.15) is 18.4 Å². The van der Waals surface area contributed by atoms with Gasteiger partial charge in [0, 0.05) is 0 Å². The Kier molecular flexibility index (Phi) is 2.89. The molecule has 1 aromatic carbocycles. The van der Waals surface area contributed by atoms with Gasteiger partial charge in [-0.1, -0.05) is 6.07 Å². The summed E-state index contributed by atoms with van der Waals surface area (Å²) < 4.78 is 5.44. The predicted octanol–water partition coefficient (Wildman–Crippen LogP) is 1.40. The van der Waals surface area contributed by atoms with Crippen molar-refractivity contribution in [3.8, 4) is 11.8 Å². The maximum Gasteiger partial charge on any atom is 0.127 e. The number of nitrogens with two attached hydrogens (primary N) is 1. The predicted molar refractivity (Wildman–Crippen MR) is 57.6 cm³/mol. The molecule has 0 fully saturated rings. The normalized spacial score (nSPS) is 15.5. The molecule has 3 nitrogen and oxygen atoms in total. The highest BCUT2D eigenvalue weighted by molar-refractivity contribution is 5.38. The molecule has 2 rings (SSSR count). The number of benzene rings is 1. The van der Waals surface area contributed by atoms with Crippen LogP contribution in [-0.2, 0) is 12.8 Å². The third-order valence-electron chi connectivity index (χ3n) is 2.67. The van der Waals surface area contributed by atoms with Gasteiger partial charge in [0.25, 0.3) is 0 Å². The Morgan fingerprint density at radius 1 is 1.40 bits per heavy atom. The van der Waals surface area contributed by atoms with E-state index < -0.39 is 6.04 Å². The summed E-state index contributed by atoms with van der Waals surface area (Å²) >= 11 is 0. The van der Waals surface area contributed by atoms with Crippen molar-refractivity contribution in [1.29, 1.82) is 5.26 Å². The number of rotatable bonds is 3. The van der Waals surface area contributed by atoms with E-state index in [0.717, 1.165) is 12.2 Å². The van der Waals surface area contributed by atoms with E-state index in [4.69, 9.17) is 15.7 Å². The first-order valence-electron chi connectivity index (χ1n) is 5.19. The first-order valence-corrected chi connectivity index (χ1v) is 5.19. The second-order valence-electron chi connectivity index (χ2n) is 3.83. The first-order chi connectivity index (χ1) is 7.29. The molecule has 15 heavy (non-hydrogen) atoms. The van der Waals surface area contributed by atoms with Crippen LogP contribution in [0, 0.1) is 11.3 Å². The fraction of sp³-hybridized carbons (Fsp3) is 0.417. The van der Waals surface area contributed by atoms with E-state index in [-0.39, 0.29) is 6.61 Å². The van der Waals surface area contributed by atoms with Gasteiger partial charge in [-0.25, -0.2) is 0 Å². The van der Waals surface area contributed by atoms with Crippen molar-refractivity contribution in [2.45, 2.75) is 25.3 Å². The molecule has 3 heteroatoms. The molecule has 0 saturated heterocycles. The fourth-order valence-corrected chi connectivity index (χ4v) is 1.86. The number of hydrogen-bond donors (Lipinski definition) is 1. The smallest absolute Gasteiger partial charge is 0.127 e. The molecule has 0 heterocycles. The SMILES string of the molecule is N#CC(N)COc1ccc2c(c1)CCC2. The summed E-state index contributed by atoms with van der Waals surface area (Å²) in [5.41, 5.74) is 8.24. The molecule has 1 atom stereocenters. The Morgan fingerprint density at radius 3 is 3.00 bits per heavy atom. The van der Waals surface area contributed by atoms with Crippen LogP contribution in [0.3, 0.4) is 0 Å². The van der Waals surface area contributed by atoms with Crippen molar-refractivity contribution < 1.29 is 4.74 Å². The zero-order valence-electron chi connectivity index (χ0n) is 8.57. The lowest BCUT2D eigenvalue weighted by Gasteiger charge is -2.08. The molecule has 1 aromatic rings. The molecule has 78 valence electrons. The molecule has 0 aromatic heterocycles. The Bertz CT molecular complexity index is 395. The molecule has 1 aliphatic carbocycles. The lowest BCUT2D eigenvalue weighted by atomic mass is 10.1. The number of nitriles is 1. The number of fused-ring (bicyclic) bond motifs is 1. The summed E-state index contributed by atoms with van der Waals surface area (Å²) in [7, 11) is 0. The van der Waals surface area contributed by atoms with Crippen molar-refractivity contribution in [2.75, 3.05) is 6.61 Å². The minimum Gasteiger partial charge on any atom is -0.491 e. The summed E-state index contributed by atoms with van der Waals surface area (Å²) in [6.07, 6.45) is 3.54. The van der Waals surface area contributed by atoms with Crippen molar-refractivity contribution >= 4 is 0 Å². The molecule has 0 aliphatic heterocycles. The third kappa shape index (κ3) is 2.28. The van der Waals surface area contributed by atoms with E-state index in [0.29, 0.717) is 0 Å². The average molecular weight is 202 g/mol.